The molecule has 0 amide bonds. The van der Waals surface area contributed by atoms with Crippen LogP contribution in [0, 0.1) is 5.41 Å². The van der Waals surface area contributed by atoms with E-state index >= 15 is 0 Å². The summed E-state index contributed by atoms with van der Waals surface area (Å²) in [5.74, 6) is 0.449. The summed E-state index contributed by atoms with van der Waals surface area (Å²) >= 11 is 1.56. The van der Waals surface area contributed by atoms with Gasteiger partial charge in [0, 0.05) is 34.7 Å². The number of rotatable bonds is 7. The predicted molar refractivity (Wildman–Crippen MR) is 75.8 cm³/mol. The molecule has 2 N–H and O–H groups in total. The normalized spacial score (nSPS) is 9.89. The lowest BCUT2D eigenvalue weighted by Crippen LogP contribution is -2.03. The van der Waals surface area contributed by atoms with Crippen molar-refractivity contribution in [1.29, 1.82) is 5.41 Å². The molecule has 1 aromatic rings. The van der Waals surface area contributed by atoms with Crippen molar-refractivity contribution in [3.8, 4) is 0 Å². The van der Waals surface area contributed by atoms with Crippen molar-refractivity contribution in [2.24, 2.45) is 0 Å². The highest BCUT2D eigenvalue weighted by molar-refractivity contribution is 7.99. The third kappa shape index (κ3) is 4.07. The molecule has 0 aliphatic heterocycles. The van der Waals surface area contributed by atoms with Gasteiger partial charge in [-0.1, -0.05) is 6.07 Å². The van der Waals surface area contributed by atoms with Crippen LogP contribution >= 0.6 is 11.8 Å². The Hall–Kier alpha value is -1.49. The molecule has 0 unspecified atom stereocenters. The zero-order valence-electron chi connectivity index (χ0n) is 10.7. The first-order valence-electron chi connectivity index (χ1n) is 5.79. The van der Waals surface area contributed by atoms with E-state index in [1.807, 2.05) is 25.1 Å². The van der Waals surface area contributed by atoms with Gasteiger partial charge in [0.1, 0.15) is 0 Å². The quantitative estimate of drug-likeness (QED) is 0.452. The maximum Gasteiger partial charge on any atom is 0.306 e. The Morgan fingerprint density at radius 2 is 2.33 bits per heavy atom. The summed E-state index contributed by atoms with van der Waals surface area (Å²) in [4.78, 5) is 12.0. The molecule has 4 nitrogen and oxygen atoms in total. The lowest BCUT2D eigenvalue weighted by molar-refractivity contribution is -0.140. The van der Waals surface area contributed by atoms with Crippen LogP contribution in [-0.4, -0.2) is 31.6 Å². The van der Waals surface area contributed by atoms with E-state index in [1.54, 1.807) is 11.8 Å². The first-order valence-corrected chi connectivity index (χ1v) is 6.78. The van der Waals surface area contributed by atoms with Gasteiger partial charge < -0.3 is 15.5 Å². The summed E-state index contributed by atoms with van der Waals surface area (Å²) in [5, 5.41) is 10.7. The molecule has 0 spiro atoms. The Bertz CT molecular complexity index is 421. The number of esters is 1. The van der Waals surface area contributed by atoms with Crippen LogP contribution in [-0.2, 0) is 9.53 Å². The molecule has 98 valence electrons. The maximum absolute atomic E-state index is 11.0. The van der Waals surface area contributed by atoms with E-state index in [2.05, 4.69) is 10.1 Å². The first kappa shape index (κ1) is 14.6. The molecule has 0 radical (unpaired) electrons. The molecule has 18 heavy (non-hydrogen) atoms. The molecule has 0 aromatic heterocycles. The van der Waals surface area contributed by atoms with Gasteiger partial charge in [0.15, 0.2) is 0 Å². The van der Waals surface area contributed by atoms with Crippen molar-refractivity contribution in [1.82, 2.24) is 0 Å². The monoisotopic (exact) mass is 266 g/mol. The number of ether oxygens (including phenoxy) is 1. The zero-order chi connectivity index (χ0) is 13.4. The summed E-state index contributed by atoms with van der Waals surface area (Å²) in [5.41, 5.74) is 1.82. The van der Waals surface area contributed by atoms with E-state index < -0.39 is 0 Å². The number of thioether (sulfide) groups is 1. The standard InChI is InChI=1S/C13H18N2O2S/c1-3-15-11-5-4-6-12(10(11)9-14)18-8-7-13(16)17-2/h4-6,9,14-15H,3,7-8H2,1-2H3. The molecule has 5 heteroatoms. The summed E-state index contributed by atoms with van der Waals surface area (Å²) in [6.45, 7) is 2.84. The molecule has 0 aliphatic carbocycles. The number of nitrogens with one attached hydrogen (secondary N) is 2. The third-order valence-electron chi connectivity index (χ3n) is 2.37. The smallest absolute Gasteiger partial charge is 0.306 e. The second-order valence-electron chi connectivity index (χ2n) is 3.57. The Kier molecular flexibility index (Phi) is 6.28. The van der Waals surface area contributed by atoms with Crippen LogP contribution in [0.25, 0.3) is 0 Å². The molecule has 0 atom stereocenters. The van der Waals surface area contributed by atoms with Crippen LogP contribution in [0.1, 0.15) is 18.9 Å². The van der Waals surface area contributed by atoms with Gasteiger partial charge >= 0.3 is 5.97 Å². The fourth-order valence-corrected chi connectivity index (χ4v) is 2.50. The van der Waals surface area contributed by atoms with Gasteiger partial charge in [0.05, 0.1) is 13.5 Å². The van der Waals surface area contributed by atoms with E-state index in [-0.39, 0.29) is 5.97 Å². The number of hydrogen-bond acceptors (Lipinski definition) is 5. The summed E-state index contributed by atoms with van der Waals surface area (Å²) < 4.78 is 4.60. The summed E-state index contributed by atoms with van der Waals surface area (Å²) in [7, 11) is 1.39. The van der Waals surface area contributed by atoms with Crippen LogP contribution in [0.5, 0.6) is 0 Å². The summed E-state index contributed by atoms with van der Waals surface area (Å²) in [6, 6.07) is 5.86. The molecule has 1 aromatic carbocycles. The molecule has 0 heterocycles. The van der Waals surface area contributed by atoms with E-state index in [0.717, 1.165) is 22.7 Å². The van der Waals surface area contributed by atoms with Crippen molar-refractivity contribution in [2.45, 2.75) is 18.2 Å². The molecule has 0 fully saturated rings. The van der Waals surface area contributed by atoms with Gasteiger partial charge in [-0.2, -0.15) is 0 Å². The van der Waals surface area contributed by atoms with E-state index in [0.29, 0.717) is 12.2 Å². The van der Waals surface area contributed by atoms with Gasteiger partial charge in [-0.3, -0.25) is 4.79 Å². The van der Waals surface area contributed by atoms with Crippen LogP contribution < -0.4 is 5.32 Å². The molecule has 0 saturated heterocycles. The van der Waals surface area contributed by atoms with Crippen molar-refractivity contribution < 1.29 is 9.53 Å². The van der Waals surface area contributed by atoms with Crippen molar-refractivity contribution >= 4 is 29.6 Å². The number of methoxy groups -OCH3 is 1. The molecule has 0 saturated carbocycles. The average molecular weight is 266 g/mol. The number of hydrogen-bond donors (Lipinski definition) is 2. The lowest BCUT2D eigenvalue weighted by Gasteiger charge is -2.11. The van der Waals surface area contributed by atoms with Gasteiger partial charge in [0.2, 0.25) is 0 Å². The fraction of sp³-hybridized carbons (Fsp3) is 0.385. The van der Waals surface area contributed by atoms with Crippen molar-refractivity contribution in [3.05, 3.63) is 23.8 Å². The number of carbonyl (C=O) groups excluding carboxylic acids is 1. The van der Waals surface area contributed by atoms with Gasteiger partial charge in [-0.15, -0.1) is 11.8 Å². The van der Waals surface area contributed by atoms with E-state index in [9.17, 15) is 4.79 Å². The lowest BCUT2D eigenvalue weighted by atomic mass is 10.2. The molecule has 0 aliphatic rings. The second kappa shape index (κ2) is 7.76. The van der Waals surface area contributed by atoms with Gasteiger partial charge in [-0.25, -0.2) is 0 Å². The highest BCUT2D eigenvalue weighted by Crippen LogP contribution is 2.27. The van der Waals surface area contributed by atoms with Crippen LogP contribution in [0.3, 0.4) is 0 Å². The molecular formula is C13H18N2O2S. The first-order chi connectivity index (χ1) is 8.72. The van der Waals surface area contributed by atoms with Crippen LogP contribution in [0.2, 0.25) is 0 Å². The highest BCUT2D eigenvalue weighted by Gasteiger charge is 2.07. The predicted octanol–water partition coefficient (Wildman–Crippen LogP) is 2.77. The molecule has 1 rings (SSSR count). The SMILES string of the molecule is CCNc1cccc(SCCC(=O)OC)c1C=N. The summed E-state index contributed by atoms with van der Waals surface area (Å²) in [6.07, 6.45) is 1.72. The zero-order valence-corrected chi connectivity index (χ0v) is 11.5. The minimum absolute atomic E-state index is 0.207. The largest absolute Gasteiger partial charge is 0.469 e. The van der Waals surface area contributed by atoms with Crippen LogP contribution in [0.4, 0.5) is 5.69 Å². The Balaban J connectivity index is 2.72. The minimum atomic E-state index is -0.207. The van der Waals surface area contributed by atoms with Gasteiger partial charge in [-0.05, 0) is 19.1 Å². The number of carbonyl (C=O) groups is 1. The molecular weight excluding hydrogens is 248 g/mol. The van der Waals surface area contributed by atoms with E-state index in [4.69, 9.17) is 5.41 Å². The number of benzene rings is 1. The Labute approximate surface area is 112 Å². The third-order valence-corrected chi connectivity index (χ3v) is 3.44. The molecule has 0 bridgehead atoms. The van der Waals surface area contributed by atoms with Gasteiger partial charge in [0.25, 0.3) is 0 Å². The topological polar surface area (TPSA) is 62.2 Å². The Morgan fingerprint density at radius 1 is 1.56 bits per heavy atom. The van der Waals surface area contributed by atoms with E-state index in [1.165, 1.54) is 13.3 Å². The highest BCUT2D eigenvalue weighted by atomic mass is 32.2. The van der Waals surface area contributed by atoms with Crippen LogP contribution in [0.15, 0.2) is 23.1 Å². The fourth-order valence-electron chi connectivity index (χ4n) is 1.51. The minimum Gasteiger partial charge on any atom is -0.469 e. The second-order valence-corrected chi connectivity index (χ2v) is 4.70. The van der Waals surface area contributed by atoms with Crippen molar-refractivity contribution in [2.75, 3.05) is 24.7 Å². The Morgan fingerprint density at radius 3 is 2.94 bits per heavy atom. The number of anilines is 1. The van der Waals surface area contributed by atoms with Crippen molar-refractivity contribution in [3.63, 3.8) is 0 Å². The average Bonchev–Trinajstić information content (AvgIpc) is 2.39. The maximum atomic E-state index is 11.0.